The Bertz CT molecular complexity index is 885. The molecule has 32 heavy (non-hydrogen) atoms. The van der Waals surface area contributed by atoms with E-state index < -0.39 is 65.7 Å². The van der Waals surface area contributed by atoms with Gasteiger partial charge in [-0.05, 0) is 40.7 Å². The van der Waals surface area contributed by atoms with E-state index >= 15 is 0 Å². The zero-order chi connectivity index (χ0) is 24.2. The van der Waals surface area contributed by atoms with Crippen LogP contribution >= 0.6 is 0 Å². The molecule has 0 bridgehead atoms. The molecule has 2 atom stereocenters. The summed E-state index contributed by atoms with van der Waals surface area (Å²) >= 11 is 0. The summed E-state index contributed by atoms with van der Waals surface area (Å²) in [6.45, 7) is 7.26. The Morgan fingerprint density at radius 3 is 2.44 bits per heavy atom. The van der Waals surface area contributed by atoms with Gasteiger partial charge in [-0.1, -0.05) is 0 Å². The molecule has 0 saturated carbocycles. The lowest BCUT2D eigenvalue weighted by atomic mass is 10.0. The first-order valence-electron chi connectivity index (χ1n) is 10.4. The maximum Gasteiger partial charge on any atom is 0.407 e. The number of esters is 1. The second-order valence-corrected chi connectivity index (χ2v) is 8.67. The van der Waals surface area contributed by atoms with Gasteiger partial charge in [-0.2, -0.15) is 0 Å². The van der Waals surface area contributed by atoms with Crippen molar-refractivity contribution in [1.82, 2.24) is 5.32 Å². The smallest absolute Gasteiger partial charge is 0.407 e. The van der Waals surface area contributed by atoms with Crippen molar-refractivity contribution in [2.24, 2.45) is 5.92 Å². The largest absolute Gasteiger partial charge is 0.466 e. The van der Waals surface area contributed by atoms with Crippen LogP contribution in [0.25, 0.3) is 0 Å². The number of anilines is 1. The van der Waals surface area contributed by atoms with Crippen molar-refractivity contribution in [2.75, 3.05) is 31.3 Å². The monoisotopic (exact) mass is 458 g/mol. The van der Waals surface area contributed by atoms with Gasteiger partial charge in [0, 0.05) is 24.6 Å². The number of rotatable bonds is 7. The number of ether oxygens (including phenoxy) is 2. The van der Waals surface area contributed by atoms with E-state index in [1.54, 1.807) is 27.7 Å². The Balaban J connectivity index is 2.24. The Morgan fingerprint density at radius 1 is 1.22 bits per heavy atom. The standard InChI is InChI=1S/C22H29F3N2O5/c1-6-31-18(29)8-17(28)14-7-15(24)20(12(2)19(14)25)27-10-13(9-23)16(11-27)26-21(30)32-22(3,4)5/h7,13,16H,6,8-11H2,1-5H3,(H,26,30). The lowest BCUT2D eigenvalue weighted by Crippen LogP contribution is -2.43. The van der Waals surface area contributed by atoms with Crippen LogP contribution in [0.15, 0.2) is 6.07 Å². The fraction of sp³-hybridized carbons (Fsp3) is 0.591. The van der Waals surface area contributed by atoms with Crippen molar-refractivity contribution in [1.29, 1.82) is 0 Å². The van der Waals surface area contributed by atoms with Crippen LogP contribution in [0, 0.1) is 24.5 Å². The van der Waals surface area contributed by atoms with Crippen molar-refractivity contribution < 1.29 is 37.0 Å². The highest BCUT2D eigenvalue weighted by Crippen LogP contribution is 2.33. The van der Waals surface area contributed by atoms with Gasteiger partial charge in [0.1, 0.15) is 23.7 Å². The summed E-state index contributed by atoms with van der Waals surface area (Å²) in [4.78, 5) is 37.3. The minimum absolute atomic E-state index is 0.0289. The number of ketones is 1. The van der Waals surface area contributed by atoms with E-state index in [-0.39, 0.29) is 30.9 Å². The number of benzene rings is 1. The van der Waals surface area contributed by atoms with Crippen LogP contribution in [0.2, 0.25) is 0 Å². The number of alkyl carbamates (subject to hydrolysis) is 1. The van der Waals surface area contributed by atoms with Crippen LogP contribution in [0.5, 0.6) is 0 Å². The lowest BCUT2D eigenvalue weighted by Gasteiger charge is -2.24. The molecule has 1 aromatic carbocycles. The first kappa shape index (κ1) is 25.5. The number of amides is 1. The molecule has 1 aromatic rings. The summed E-state index contributed by atoms with van der Waals surface area (Å²) in [7, 11) is 0. The van der Waals surface area contributed by atoms with Crippen molar-refractivity contribution in [3.63, 3.8) is 0 Å². The fourth-order valence-electron chi connectivity index (χ4n) is 3.61. The molecule has 1 saturated heterocycles. The van der Waals surface area contributed by atoms with Crippen LogP contribution in [0.3, 0.4) is 0 Å². The minimum Gasteiger partial charge on any atom is -0.466 e. The van der Waals surface area contributed by atoms with E-state index in [9.17, 15) is 27.6 Å². The zero-order valence-corrected chi connectivity index (χ0v) is 18.9. The van der Waals surface area contributed by atoms with Crippen LogP contribution in [-0.2, 0) is 14.3 Å². The van der Waals surface area contributed by atoms with Gasteiger partial charge in [0.25, 0.3) is 0 Å². The van der Waals surface area contributed by atoms with E-state index in [1.165, 1.54) is 11.8 Å². The van der Waals surface area contributed by atoms with Crippen LogP contribution in [0.4, 0.5) is 23.7 Å². The average molecular weight is 458 g/mol. The van der Waals surface area contributed by atoms with E-state index in [0.29, 0.717) is 0 Å². The maximum absolute atomic E-state index is 14.9. The quantitative estimate of drug-likeness (QED) is 0.381. The van der Waals surface area contributed by atoms with E-state index in [1.807, 2.05) is 0 Å². The first-order valence-corrected chi connectivity index (χ1v) is 10.4. The molecule has 0 aliphatic carbocycles. The van der Waals surface area contributed by atoms with E-state index in [2.05, 4.69) is 10.1 Å². The third-order valence-corrected chi connectivity index (χ3v) is 4.99. The average Bonchev–Trinajstić information content (AvgIpc) is 3.05. The Morgan fingerprint density at radius 2 is 1.88 bits per heavy atom. The number of carbonyl (C=O) groups is 3. The molecule has 1 fully saturated rings. The molecule has 0 radical (unpaired) electrons. The molecular formula is C22H29F3N2O5. The van der Waals surface area contributed by atoms with Gasteiger partial charge >= 0.3 is 12.1 Å². The molecule has 10 heteroatoms. The summed E-state index contributed by atoms with van der Waals surface area (Å²) in [6, 6.07) is 0.0556. The third kappa shape index (κ3) is 6.14. The van der Waals surface area contributed by atoms with Crippen LogP contribution in [-0.4, -0.2) is 55.9 Å². The summed E-state index contributed by atoms with van der Waals surface area (Å²) in [5.74, 6) is -4.24. The molecule has 1 amide bonds. The Hall–Kier alpha value is -2.78. The molecule has 1 aliphatic rings. The Labute approximate surface area is 185 Å². The van der Waals surface area contributed by atoms with Gasteiger partial charge in [-0.25, -0.2) is 13.6 Å². The molecule has 2 rings (SSSR count). The van der Waals surface area contributed by atoms with Crippen molar-refractivity contribution in [3.8, 4) is 0 Å². The number of nitrogens with zero attached hydrogens (tertiary/aromatic N) is 1. The number of carbonyl (C=O) groups excluding carboxylic acids is 3. The summed E-state index contributed by atoms with van der Waals surface area (Å²) < 4.78 is 53.3. The molecule has 7 nitrogen and oxygen atoms in total. The van der Waals surface area contributed by atoms with Gasteiger partial charge in [0.05, 0.1) is 30.6 Å². The van der Waals surface area contributed by atoms with Gasteiger partial charge in [-0.3, -0.25) is 14.0 Å². The topological polar surface area (TPSA) is 84.9 Å². The second-order valence-electron chi connectivity index (χ2n) is 8.67. The maximum atomic E-state index is 14.9. The molecule has 1 N–H and O–H groups in total. The van der Waals surface area contributed by atoms with Gasteiger partial charge in [-0.15, -0.1) is 0 Å². The number of nitrogens with one attached hydrogen (secondary N) is 1. The second kappa shape index (κ2) is 10.2. The highest BCUT2D eigenvalue weighted by Gasteiger charge is 2.37. The van der Waals surface area contributed by atoms with E-state index in [0.717, 1.165) is 6.07 Å². The highest BCUT2D eigenvalue weighted by molar-refractivity contribution is 6.06. The van der Waals surface area contributed by atoms with Gasteiger partial charge < -0.3 is 19.7 Å². The lowest BCUT2D eigenvalue weighted by molar-refractivity contribution is -0.141. The van der Waals surface area contributed by atoms with Crippen molar-refractivity contribution >= 4 is 23.5 Å². The number of hydrogen-bond donors (Lipinski definition) is 1. The molecular weight excluding hydrogens is 429 g/mol. The molecule has 0 spiro atoms. The van der Waals surface area contributed by atoms with Crippen molar-refractivity contribution in [3.05, 3.63) is 28.8 Å². The summed E-state index contributed by atoms with van der Waals surface area (Å²) in [5.41, 5.74) is -1.57. The molecule has 178 valence electrons. The zero-order valence-electron chi connectivity index (χ0n) is 18.9. The van der Waals surface area contributed by atoms with Crippen LogP contribution in [0.1, 0.15) is 50.0 Å². The van der Waals surface area contributed by atoms with Gasteiger partial charge in [0.2, 0.25) is 0 Å². The van der Waals surface area contributed by atoms with Crippen LogP contribution < -0.4 is 10.2 Å². The first-order chi connectivity index (χ1) is 14.9. The number of hydrogen-bond acceptors (Lipinski definition) is 6. The van der Waals surface area contributed by atoms with Crippen molar-refractivity contribution in [2.45, 2.75) is 52.7 Å². The van der Waals surface area contributed by atoms with Gasteiger partial charge in [0.15, 0.2) is 5.78 Å². The highest BCUT2D eigenvalue weighted by atomic mass is 19.1. The normalized spacial score (nSPS) is 18.4. The third-order valence-electron chi connectivity index (χ3n) is 4.99. The number of alkyl halides is 1. The SMILES string of the molecule is CCOC(=O)CC(=O)c1cc(F)c(N2CC(CF)C(NC(=O)OC(C)(C)C)C2)c(C)c1F. The fourth-order valence-corrected chi connectivity index (χ4v) is 3.61. The summed E-state index contributed by atoms with van der Waals surface area (Å²) in [6.07, 6.45) is -1.44. The molecule has 1 aliphatic heterocycles. The number of Topliss-reactive ketones (excluding diaryl/α,β-unsaturated/α-hetero) is 1. The number of halogens is 3. The molecule has 0 aromatic heterocycles. The molecule has 2 unspecified atom stereocenters. The predicted octanol–water partition coefficient (Wildman–Crippen LogP) is 3.71. The Kier molecular flexibility index (Phi) is 8.14. The summed E-state index contributed by atoms with van der Waals surface area (Å²) in [5, 5.41) is 2.59. The predicted molar refractivity (Wildman–Crippen MR) is 112 cm³/mol. The minimum atomic E-state index is -0.962. The molecule has 1 heterocycles. The van der Waals surface area contributed by atoms with E-state index in [4.69, 9.17) is 4.74 Å².